The second-order valence-corrected chi connectivity index (χ2v) is 6.13. The second-order valence-electron chi connectivity index (χ2n) is 6.13. The van der Waals surface area contributed by atoms with E-state index >= 15 is 0 Å². The van der Waals surface area contributed by atoms with Gasteiger partial charge in [0.25, 0.3) is 0 Å². The van der Waals surface area contributed by atoms with Crippen molar-refractivity contribution in [2.45, 2.75) is 71.3 Å². The number of carbonyl (C=O) groups excluding carboxylic acids is 3. The summed E-state index contributed by atoms with van der Waals surface area (Å²) in [5.41, 5.74) is 0.703. The summed E-state index contributed by atoms with van der Waals surface area (Å²) < 4.78 is 10.8. The molecule has 0 spiro atoms. The Bertz CT molecular complexity index is 512. The van der Waals surface area contributed by atoms with Gasteiger partial charge in [0.1, 0.15) is 12.4 Å². The summed E-state index contributed by atoms with van der Waals surface area (Å²) in [5.74, 6) is -0.614. The van der Waals surface area contributed by atoms with Gasteiger partial charge in [0.15, 0.2) is 0 Å². The van der Waals surface area contributed by atoms with Crippen LogP contribution < -0.4 is 5.32 Å². The van der Waals surface area contributed by atoms with Crippen molar-refractivity contribution in [1.82, 2.24) is 5.32 Å². The van der Waals surface area contributed by atoms with Crippen LogP contribution in [0, 0.1) is 0 Å². The summed E-state index contributed by atoms with van der Waals surface area (Å²) >= 11 is 0. The lowest BCUT2D eigenvalue weighted by atomic mass is 9.97. The highest BCUT2D eigenvalue weighted by Crippen LogP contribution is 2.22. The van der Waals surface area contributed by atoms with Crippen molar-refractivity contribution in [3.05, 3.63) is 23.8 Å². The normalized spacial score (nSPS) is 26.0. The Labute approximate surface area is 143 Å². The average Bonchev–Trinajstić information content (AvgIpc) is 2.52. The maximum absolute atomic E-state index is 11.9. The third-order valence-corrected chi connectivity index (χ3v) is 3.86. The maximum Gasteiger partial charge on any atom is 0.303 e. The van der Waals surface area contributed by atoms with E-state index in [0.29, 0.717) is 12.0 Å². The quantitative estimate of drug-likeness (QED) is 0.437. The van der Waals surface area contributed by atoms with Gasteiger partial charge >= 0.3 is 5.97 Å². The number of ether oxygens (including phenoxy) is 2. The molecule has 1 unspecified atom stereocenters. The maximum atomic E-state index is 11.9. The molecule has 1 aliphatic rings. The zero-order chi connectivity index (χ0) is 18.1. The Hall–Kier alpha value is -1.95. The number of hydrogen-bond acceptors (Lipinski definition) is 5. The van der Waals surface area contributed by atoms with Crippen LogP contribution in [0.1, 0.15) is 47.0 Å². The van der Waals surface area contributed by atoms with Gasteiger partial charge in [-0.15, -0.1) is 0 Å². The molecule has 0 radical (unpaired) electrons. The predicted molar refractivity (Wildman–Crippen MR) is 90.3 cm³/mol. The zero-order valence-corrected chi connectivity index (χ0v) is 14.8. The molecule has 1 heterocycles. The highest BCUT2D eigenvalue weighted by atomic mass is 16.5. The molecule has 1 rings (SSSR count). The topological polar surface area (TPSA) is 81.7 Å². The first-order valence-electron chi connectivity index (χ1n) is 8.25. The molecule has 1 saturated heterocycles. The van der Waals surface area contributed by atoms with E-state index in [9.17, 15) is 14.4 Å². The van der Waals surface area contributed by atoms with Gasteiger partial charge < -0.3 is 14.8 Å². The summed E-state index contributed by atoms with van der Waals surface area (Å²) in [6.07, 6.45) is 7.51. The highest BCUT2D eigenvalue weighted by molar-refractivity contribution is 5.87. The fraction of sp³-hybridized carbons (Fsp3) is 0.611. The minimum atomic E-state index is -0.439. The van der Waals surface area contributed by atoms with Gasteiger partial charge in [0.05, 0.1) is 18.2 Å². The molecule has 6 nitrogen and oxygen atoms in total. The smallest absolute Gasteiger partial charge is 0.303 e. The molecular weight excluding hydrogens is 310 g/mol. The largest absolute Gasteiger partial charge is 0.459 e. The summed E-state index contributed by atoms with van der Waals surface area (Å²) in [6.45, 7) is 6.72. The number of allylic oxidation sites excluding steroid dienone is 1. The highest BCUT2D eigenvalue weighted by Gasteiger charge is 2.28. The van der Waals surface area contributed by atoms with Crippen LogP contribution in [0.5, 0.6) is 0 Å². The van der Waals surface area contributed by atoms with Gasteiger partial charge in [-0.05, 0) is 51.7 Å². The van der Waals surface area contributed by atoms with Crippen LogP contribution >= 0.6 is 0 Å². The molecule has 1 fully saturated rings. The Morgan fingerprint density at radius 2 is 2.04 bits per heavy atom. The van der Waals surface area contributed by atoms with Crippen molar-refractivity contribution in [2.24, 2.45) is 0 Å². The van der Waals surface area contributed by atoms with Crippen molar-refractivity contribution in [2.75, 3.05) is 0 Å². The van der Waals surface area contributed by atoms with E-state index in [-0.39, 0.29) is 30.1 Å². The summed E-state index contributed by atoms with van der Waals surface area (Å²) in [7, 11) is 0. The molecule has 6 heteroatoms. The van der Waals surface area contributed by atoms with Gasteiger partial charge in [0, 0.05) is 13.0 Å². The van der Waals surface area contributed by atoms with Crippen LogP contribution in [-0.4, -0.2) is 42.5 Å². The Morgan fingerprint density at radius 1 is 1.33 bits per heavy atom. The van der Waals surface area contributed by atoms with Crippen molar-refractivity contribution in [3.63, 3.8) is 0 Å². The molecule has 0 bridgehead atoms. The minimum absolute atomic E-state index is 0.0569. The lowest BCUT2D eigenvalue weighted by molar-refractivity contribution is -0.143. The van der Waals surface area contributed by atoms with Crippen LogP contribution in [-0.2, 0) is 23.9 Å². The first kappa shape index (κ1) is 20.1. The minimum Gasteiger partial charge on any atom is -0.459 e. The van der Waals surface area contributed by atoms with Crippen molar-refractivity contribution >= 4 is 18.2 Å². The molecule has 1 amide bonds. The number of aldehydes is 1. The average molecular weight is 337 g/mol. The second kappa shape index (κ2) is 10.0. The van der Waals surface area contributed by atoms with Crippen LogP contribution in [0.15, 0.2) is 23.8 Å². The lowest BCUT2D eigenvalue weighted by Gasteiger charge is -2.34. The van der Waals surface area contributed by atoms with E-state index in [1.165, 1.54) is 13.0 Å². The third kappa shape index (κ3) is 7.55. The zero-order valence-electron chi connectivity index (χ0n) is 14.8. The predicted octanol–water partition coefficient (Wildman–Crippen LogP) is 2.08. The number of carbonyl (C=O) groups is 3. The van der Waals surface area contributed by atoms with Crippen LogP contribution in [0.25, 0.3) is 0 Å². The molecule has 4 atom stereocenters. The fourth-order valence-electron chi connectivity index (χ4n) is 2.55. The van der Waals surface area contributed by atoms with Gasteiger partial charge in [-0.1, -0.05) is 6.08 Å². The number of nitrogens with one attached hydrogen (secondary N) is 1. The van der Waals surface area contributed by atoms with E-state index in [4.69, 9.17) is 9.47 Å². The van der Waals surface area contributed by atoms with E-state index in [2.05, 4.69) is 5.32 Å². The van der Waals surface area contributed by atoms with E-state index < -0.39 is 6.10 Å². The van der Waals surface area contributed by atoms with Gasteiger partial charge in [-0.2, -0.15) is 0 Å². The standard InChI is InChI=1S/C18H27NO5/c1-12(11-20)5-7-16-8-9-17(14(3)24-16)19-18(22)10-6-13(2)23-15(4)21/h5-6,10-11,13-14,16-17H,7-9H2,1-4H3,(H,19,22)/t13?,14-,16+,17-/m1/s1. The van der Waals surface area contributed by atoms with E-state index in [1.54, 1.807) is 19.9 Å². The Balaban J connectivity index is 2.42. The molecule has 134 valence electrons. The summed E-state index contributed by atoms with van der Waals surface area (Å²) in [6, 6.07) is -0.0569. The fourth-order valence-corrected chi connectivity index (χ4v) is 2.55. The molecule has 24 heavy (non-hydrogen) atoms. The summed E-state index contributed by atoms with van der Waals surface area (Å²) in [4.78, 5) is 33.3. The lowest BCUT2D eigenvalue weighted by Crippen LogP contribution is -2.47. The molecule has 0 saturated carbocycles. The number of esters is 1. The SMILES string of the molecule is CC(=O)OC(C)C=CC(=O)N[C@@H]1CC[C@H](CC=C(C)C=O)O[C@@H]1C. The van der Waals surface area contributed by atoms with Gasteiger partial charge in [-0.25, -0.2) is 0 Å². The molecule has 1 aliphatic heterocycles. The first-order chi connectivity index (χ1) is 11.3. The number of amides is 1. The Morgan fingerprint density at radius 3 is 2.62 bits per heavy atom. The molecule has 1 N–H and O–H groups in total. The monoisotopic (exact) mass is 337 g/mol. The Kier molecular flexibility index (Phi) is 8.40. The summed E-state index contributed by atoms with van der Waals surface area (Å²) in [5, 5.41) is 2.91. The van der Waals surface area contributed by atoms with Crippen molar-refractivity contribution in [1.29, 1.82) is 0 Å². The van der Waals surface area contributed by atoms with Gasteiger partial charge in [0.2, 0.25) is 5.91 Å². The van der Waals surface area contributed by atoms with Crippen LogP contribution in [0.2, 0.25) is 0 Å². The van der Waals surface area contributed by atoms with Crippen LogP contribution in [0.3, 0.4) is 0 Å². The number of hydrogen-bond donors (Lipinski definition) is 1. The third-order valence-electron chi connectivity index (χ3n) is 3.86. The molecule has 0 aromatic carbocycles. The number of rotatable bonds is 7. The molecule has 0 aliphatic carbocycles. The molecule has 0 aromatic rings. The van der Waals surface area contributed by atoms with Crippen molar-refractivity contribution in [3.8, 4) is 0 Å². The molecule has 0 aromatic heterocycles. The van der Waals surface area contributed by atoms with E-state index in [0.717, 1.165) is 19.1 Å². The van der Waals surface area contributed by atoms with E-state index in [1.807, 2.05) is 13.0 Å². The van der Waals surface area contributed by atoms with Crippen LogP contribution in [0.4, 0.5) is 0 Å². The first-order valence-corrected chi connectivity index (χ1v) is 8.25. The van der Waals surface area contributed by atoms with Crippen molar-refractivity contribution < 1.29 is 23.9 Å². The molecular formula is C18H27NO5. The van der Waals surface area contributed by atoms with Gasteiger partial charge in [-0.3, -0.25) is 14.4 Å².